The first kappa shape index (κ1) is 21.8. The van der Waals surface area contributed by atoms with Gasteiger partial charge in [0, 0.05) is 31.9 Å². The number of hydrogen-bond acceptors (Lipinski definition) is 8. The minimum absolute atomic E-state index is 0.0324. The molecule has 2 aromatic rings. The number of urea groups is 1. The van der Waals surface area contributed by atoms with E-state index in [0.29, 0.717) is 47.9 Å². The molecule has 4 amide bonds. The summed E-state index contributed by atoms with van der Waals surface area (Å²) in [6.45, 7) is 3.96. The van der Waals surface area contributed by atoms with Gasteiger partial charge in [0.25, 0.3) is 0 Å². The molecule has 0 unspecified atom stereocenters. The van der Waals surface area contributed by atoms with Crippen molar-refractivity contribution in [2.45, 2.75) is 11.3 Å². The lowest BCUT2D eigenvalue weighted by atomic mass is 10.3. The van der Waals surface area contributed by atoms with Crippen LogP contribution in [0.3, 0.4) is 0 Å². The fourth-order valence-electron chi connectivity index (χ4n) is 2.67. The number of aromatic nitrogens is 2. The van der Waals surface area contributed by atoms with E-state index in [9.17, 15) is 14.4 Å². The first-order chi connectivity index (χ1) is 14.5. The summed E-state index contributed by atoms with van der Waals surface area (Å²) >= 11 is 2.46. The number of piperazine rings is 1. The summed E-state index contributed by atoms with van der Waals surface area (Å²) in [5.41, 5.74) is 0.669. The third kappa shape index (κ3) is 6.32. The fourth-order valence-corrected chi connectivity index (χ4v) is 4.32. The summed E-state index contributed by atoms with van der Waals surface area (Å²) in [4.78, 5) is 39.4. The predicted octanol–water partition coefficient (Wildman–Crippen LogP) is 2.57. The molecular weight excluding hydrogens is 428 g/mol. The second-order valence-electron chi connectivity index (χ2n) is 6.17. The average Bonchev–Trinajstić information content (AvgIpc) is 3.20. The van der Waals surface area contributed by atoms with Gasteiger partial charge in [0.05, 0.1) is 12.4 Å². The minimum Gasteiger partial charge on any atom is -0.450 e. The lowest BCUT2D eigenvalue weighted by molar-refractivity contribution is -0.129. The van der Waals surface area contributed by atoms with Gasteiger partial charge in [-0.3, -0.25) is 10.1 Å². The first-order valence-electron chi connectivity index (χ1n) is 9.34. The number of para-hydroxylation sites is 1. The largest absolute Gasteiger partial charge is 0.450 e. The molecule has 1 aliphatic rings. The maximum atomic E-state index is 12.4. The molecule has 10 nitrogen and oxygen atoms in total. The fraction of sp³-hybridized carbons (Fsp3) is 0.389. The quantitative estimate of drug-likeness (QED) is 0.513. The van der Waals surface area contributed by atoms with Crippen LogP contribution in [0.4, 0.5) is 20.4 Å². The second kappa shape index (κ2) is 10.8. The molecule has 0 saturated carbocycles. The monoisotopic (exact) mass is 450 g/mol. The van der Waals surface area contributed by atoms with E-state index in [1.165, 1.54) is 23.1 Å². The zero-order valence-corrected chi connectivity index (χ0v) is 18.0. The van der Waals surface area contributed by atoms with E-state index in [1.54, 1.807) is 28.9 Å². The Labute approximate surface area is 182 Å². The van der Waals surface area contributed by atoms with E-state index in [-0.39, 0.29) is 17.8 Å². The average molecular weight is 451 g/mol. The number of carbonyl (C=O) groups is 3. The van der Waals surface area contributed by atoms with Gasteiger partial charge in [-0.1, -0.05) is 41.3 Å². The molecule has 1 aliphatic heterocycles. The summed E-state index contributed by atoms with van der Waals surface area (Å²) in [5.74, 6) is 0.180. The molecule has 0 aliphatic carbocycles. The third-order valence-corrected chi connectivity index (χ3v) is 6.09. The zero-order chi connectivity index (χ0) is 21.3. The van der Waals surface area contributed by atoms with Gasteiger partial charge < -0.3 is 19.9 Å². The van der Waals surface area contributed by atoms with Crippen molar-refractivity contribution in [2.24, 2.45) is 0 Å². The predicted molar refractivity (Wildman–Crippen MR) is 115 cm³/mol. The van der Waals surface area contributed by atoms with Crippen LogP contribution >= 0.6 is 23.1 Å². The van der Waals surface area contributed by atoms with Crippen molar-refractivity contribution in [3.05, 3.63) is 30.3 Å². The Hall–Kier alpha value is -2.86. The standard InChI is InChI=1S/C18H22N6O4S2/c1-2-28-18(27)24-10-8-23(9-11-24)14(25)12-29-17-22-21-16(30-17)20-15(26)19-13-6-4-3-5-7-13/h3-7H,2,8-12H2,1H3,(H2,19,20,21,26). The maximum absolute atomic E-state index is 12.4. The van der Waals surface area contributed by atoms with Crippen LogP contribution in [0.5, 0.6) is 0 Å². The van der Waals surface area contributed by atoms with Crippen LogP contribution in [0.25, 0.3) is 0 Å². The van der Waals surface area contributed by atoms with Gasteiger partial charge in [-0.25, -0.2) is 9.59 Å². The van der Waals surface area contributed by atoms with Crippen molar-refractivity contribution >= 4 is 51.9 Å². The van der Waals surface area contributed by atoms with Crippen LogP contribution in [0, 0.1) is 0 Å². The molecule has 1 fully saturated rings. The summed E-state index contributed by atoms with van der Waals surface area (Å²) in [6, 6.07) is 8.65. The highest BCUT2D eigenvalue weighted by molar-refractivity contribution is 8.01. The van der Waals surface area contributed by atoms with Crippen molar-refractivity contribution in [3.8, 4) is 0 Å². The van der Waals surface area contributed by atoms with Gasteiger partial charge in [0.1, 0.15) is 0 Å². The van der Waals surface area contributed by atoms with Crippen LogP contribution in [-0.4, -0.2) is 76.6 Å². The molecule has 0 atom stereocenters. The van der Waals surface area contributed by atoms with Gasteiger partial charge in [0.2, 0.25) is 11.0 Å². The Morgan fingerprint density at radius 1 is 1.07 bits per heavy atom. The van der Waals surface area contributed by atoms with Gasteiger partial charge in [0.15, 0.2) is 4.34 Å². The topological polar surface area (TPSA) is 117 Å². The number of hydrogen-bond donors (Lipinski definition) is 2. The van der Waals surface area contributed by atoms with E-state index in [4.69, 9.17) is 4.74 Å². The van der Waals surface area contributed by atoms with Gasteiger partial charge in [-0.05, 0) is 19.1 Å². The summed E-state index contributed by atoms with van der Waals surface area (Å²) in [6.07, 6.45) is -0.343. The molecule has 0 bridgehead atoms. The first-order valence-corrected chi connectivity index (χ1v) is 11.1. The van der Waals surface area contributed by atoms with Crippen molar-refractivity contribution in [2.75, 3.05) is 49.2 Å². The van der Waals surface area contributed by atoms with Crippen LogP contribution in [-0.2, 0) is 9.53 Å². The Bertz CT molecular complexity index is 871. The molecule has 3 rings (SSSR count). The molecule has 0 radical (unpaired) electrons. The second-order valence-corrected chi connectivity index (χ2v) is 8.37. The van der Waals surface area contributed by atoms with Crippen LogP contribution in [0.15, 0.2) is 34.7 Å². The number of benzene rings is 1. The Balaban J connectivity index is 1.40. The molecule has 160 valence electrons. The number of ether oxygens (including phenoxy) is 1. The molecular formula is C18H22N6O4S2. The summed E-state index contributed by atoms with van der Waals surface area (Å²) in [7, 11) is 0. The van der Waals surface area contributed by atoms with Crippen molar-refractivity contribution in [1.82, 2.24) is 20.0 Å². The third-order valence-electron chi connectivity index (χ3n) is 4.14. The number of nitrogens with zero attached hydrogens (tertiary/aromatic N) is 4. The Morgan fingerprint density at radius 3 is 2.47 bits per heavy atom. The molecule has 1 saturated heterocycles. The van der Waals surface area contributed by atoms with E-state index in [0.717, 1.165) is 0 Å². The van der Waals surface area contributed by atoms with Crippen LogP contribution in [0.1, 0.15) is 6.92 Å². The van der Waals surface area contributed by atoms with Crippen LogP contribution < -0.4 is 10.6 Å². The van der Waals surface area contributed by atoms with Crippen molar-refractivity contribution < 1.29 is 19.1 Å². The summed E-state index contributed by atoms with van der Waals surface area (Å²) in [5, 5.41) is 13.6. The lowest BCUT2D eigenvalue weighted by Crippen LogP contribution is -2.51. The Kier molecular flexibility index (Phi) is 7.85. The number of amides is 4. The lowest BCUT2D eigenvalue weighted by Gasteiger charge is -2.33. The summed E-state index contributed by atoms with van der Waals surface area (Å²) < 4.78 is 5.56. The highest BCUT2D eigenvalue weighted by Crippen LogP contribution is 2.26. The highest BCUT2D eigenvalue weighted by Gasteiger charge is 2.25. The van der Waals surface area contributed by atoms with Crippen LogP contribution in [0.2, 0.25) is 0 Å². The van der Waals surface area contributed by atoms with Crippen molar-refractivity contribution in [3.63, 3.8) is 0 Å². The number of rotatable bonds is 6. The number of anilines is 2. The molecule has 0 spiro atoms. The van der Waals surface area contributed by atoms with Gasteiger partial charge in [-0.15, -0.1) is 10.2 Å². The molecule has 30 heavy (non-hydrogen) atoms. The maximum Gasteiger partial charge on any atom is 0.409 e. The number of thioether (sulfide) groups is 1. The SMILES string of the molecule is CCOC(=O)N1CCN(C(=O)CSc2nnc(NC(=O)Nc3ccccc3)s2)CC1. The normalized spacial score (nSPS) is 13.6. The molecule has 12 heteroatoms. The molecule has 1 aromatic heterocycles. The zero-order valence-electron chi connectivity index (χ0n) is 16.4. The molecule has 1 aromatic carbocycles. The number of carbonyl (C=O) groups excluding carboxylic acids is 3. The van der Waals surface area contributed by atoms with E-state index in [2.05, 4.69) is 20.8 Å². The van der Waals surface area contributed by atoms with E-state index in [1.807, 2.05) is 18.2 Å². The van der Waals surface area contributed by atoms with Gasteiger partial charge >= 0.3 is 12.1 Å². The molecule has 2 N–H and O–H groups in total. The molecule has 2 heterocycles. The van der Waals surface area contributed by atoms with E-state index < -0.39 is 6.03 Å². The smallest absolute Gasteiger partial charge is 0.409 e. The van der Waals surface area contributed by atoms with E-state index >= 15 is 0 Å². The number of nitrogens with one attached hydrogen (secondary N) is 2. The highest BCUT2D eigenvalue weighted by atomic mass is 32.2. The van der Waals surface area contributed by atoms with Crippen molar-refractivity contribution in [1.29, 1.82) is 0 Å². The minimum atomic E-state index is -0.413. The van der Waals surface area contributed by atoms with Gasteiger partial charge in [-0.2, -0.15) is 0 Å². The Morgan fingerprint density at radius 2 is 1.77 bits per heavy atom.